The van der Waals surface area contributed by atoms with E-state index in [1.54, 1.807) is 11.3 Å². The van der Waals surface area contributed by atoms with E-state index in [9.17, 15) is 0 Å². The van der Waals surface area contributed by atoms with E-state index < -0.39 is 0 Å². The van der Waals surface area contributed by atoms with Crippen molar-refractivity contribution < 1.29 is 0 Å². The highest BCUT2D eigenvalue weighted by Crippen LogP contribution is 2.12. The molecule has 3 nitrogen and oxygen atoms in total. The first-order valence-corrected chi connectivity index (χ1v) is 4.79. The second-order valence-electron chi connectivity index (χ2n) is 2.41. The van der Waals surface area contributed by atoms with Gasteiger partial charge in [0.15, 0.2) is 0 Å². The lowest BCUT2D eigenvalue weighted by atomic mass is 10.4. The van der Waals surface area contributed by atoms with Gasteiger partial charge in [-0.25, -0.2) is 0 Å². The van der Waals surface area contributed by atoms with Crippen molar-refractivity contribution >= 4 is 16.5 Å². The molecular formula is C8H13N3S. The highest BCUT2D eigenvalue weighted by molar-refractivity contribution is 7.15. The van der Waals surface area contributed by atoms with Crippen LogP contribution in [-0.4, -0.2) is 16.7 Å². The number of rotatable bonds is 4. The molecule has 1 heterocycles. The lowest BCUT2D eigenvalue weighted by molar-refractivity contribution is 1.01. The minimum Gasteiger partial charge on any atom is -0.360 e. The molecule has 0 aliphatic carbocycles. The number of nitrogens with one attached hydrogen (secondary N) is 1. The average molecular weight is 183 g/mol. The van der Waals surface area contributed by atoms with Crippen molar-refractivity contribution in [3.63, 3.8) is 0 Å². The molecule has 0 aliphatic heterocycles. The first kappa shape index (κ1) is 9.19. The van der Waals surface area contributed by atoms with Crippen LogP contribution in [0.15, 0.2) is 12.2 Å². The Morgan fingerprint density at radius 2 is 2.33 bits per heavy atom. The molecule has 0 saturated carbocycles. The number of nitrogens with zero attached hydrogens (tertiary/aromatic N) is 2. The minimum absolute atomic E-state index is 0.914. The topological polar surface area (TPSA) is 37.8 Å². The van der Waals surface area contributed by atoms with Crippen molar-refractivity contribution in [1.82, 2.24) is 10.2 Å². The molecule has 0 aromatic carbocycles. The van der Waals surface area contributed by atoms with Crippen LogP contribution in [0.3, 0.4) is 0 Å². The van der Waals surface area contributed by atoms with E-state index in [-0.39, 0.29) is 0 Å². The zero-order valence-corrected chi connectivity index (χ0v) is 8.19. The number of allylic oxidation sites excluding steroid dienone is 1. The summed E-state index contributed by atoms with van der Waals surface area (Å²) in [7, 11) is 0. The summed E-state index contributed by atoms with van der Waals surface area (Å²) in [6, 6.07) is 0. The van der Waals surface area contributed by atoms with Gasteiger partial charge in [0, 0.05) is 6.54 Å². The molecule has 0 bridgehead atoms. The van der Waals surface area contributed by atoms with Crippen molar-refractivity contribution in [2.75, 3.05) is 11.9 Å². The monoisotopic (exact) mass is 183 g/mol. The molecule has 1 aromatic rings. The Bertz CT molecular complexity index is 255. The molecule has 0 fully saturated rings. The fourth-order valence-corrected chi connectivity index (χ4v) is 1.41. The van der Waals surface area contributed by atoms with E-state index in [0.29, 0.717) is 0 Å². The Morgan fingerprint density at radius 1 is 1.50 bits per heavy atom. The van der Waals surface area contributed by atoms with Crippen LogP contribution in [0.2, 0.25) is 0 Å². The van der Waals surface area contributed by atoms with E-state index in [1.807, 2.05) is 19.9 Å². The summed E-state index contributed by atoms with van der Waals surface area (Å²) >= 11 is 1.59. The van der Waals surface area contributed by atoms with E-state index in [1.165, 1.54) is 0 Å². The first-order chi connectivity index (χ1) is 5.83. The Hall–Kier alpha value is -0.900. The van der Waals surface area contributed by atoms with Gasteiger partial charge in [-0.1, -0.05) is 23.5 Å². The maximum atomic E-state index is 3.95. The molecule has 0 unspecified atom stereocenters. The predicted octanol–water partition coefficient (Wildman–Crippen LogP) is 2.22. The summed E-state index contributed by atoms with van der Waals surface area (Å²) in [5.74, 6) is 0. The Kier molecular flexibility index (Phi) is 3.73. The van der Waals surface area contributed by atoms with Gasteiger partial charge in [0.1, 0.15) is 5.01 Å². The Morgan fingerprint density at radius 3 is 2.92 bits per heavy atom. The molecule has 0 radical (unpaired) electrons. The molecule has 12 heavy (non-hydrogen) atoms. The zero-order chi connectivity index (χ0) is 8.81. The third kappa shape index (κ3) is 3.00. The number of anilines is 1. The summed E-state index contributed by atoms with van der Waals surface area (Å²) in [6.45, 7) is 4.91. The molecule has 0 aliphatic rings. The van der Waals surface area contributed by atoms with Crippen LogP contribution in [-0.2, 0) is 0 Å². The SMILES string of the molecule is C/C=C/CCNc1nnc(C)s1. The third-order valence-corrected chi connectivity index (χ3v) is 2.15. The van der Waals surface area contributed by atoms with Gasteiger partial charge in [-0.15, -0.1) is 10.2 Å². The van der Waals surface area contributed by atoms with Crippen molar-refractivity contribution in [2.24, 2.45) is 0 Å². The number of aromatic nitrogens is 2. The lowest BCUT2D eigenvalue weighted by Gasteiger charge is -1.96. The van der Waals surface area contributed by atoms with Crippen molar-refractivity contribution in [1.29, 1.82) is 0 Å². The molecule has 66 valence electrons. The smallest absolute Gasteiger partial charge is 0.205 e. The molecule has 0 amide bonds. The van der Waals surface area contributed by atoms with Gasteiger partial charge < -0.3 is 5.32 Å². The van der Waals surface area contributed by atoms with Crippen LogP contribution in [0.4, 0.5) is 5.13 Å². The summed E-state index contributed by atoms with van der Waals surface area (Å²) in [6.07, 6.45) is 5.21. The van der Waals surface area contributed by atoms with Crippen LogP contribution in [0.1, 0.15) is 18.4 Å². The van der Waals surface area contributed by atoms with Gasteiger partial charge >= 0.3 is 0 Å². The third-order valence-electron chi connectivity index (χ3n) is 1.35. The Balaban J connectivity index is 2.24. The fourth-order valence-electron chi connectivity index (χ4n) is 0.797. The lowest BCUT2D eigenvalue weighted by Crippen LogP contribution is -1.99. The summed E-state index contributed by atoms with van der Waals surface area (Å²) < 4.78 is 0. The molecule has 0 atom stereocenters. The van der Waals surface area contributed by atoms with Gasteiger partial charge in [-0.3, -0.25) is 0 Å². The van der Waals surface area contributed by atoms with Crippen molar-refractivity contribution in [3.05, 3.63) is 17.2 Å². The molecular weight excluding hydrogens is 170 g/mol. The second-order valence-corrected chi connectivity index (χ2v) is 3.59. The van der Waals surface area contributed by atoms with Crippen LogP contribution >= 0.6 is 11.3 Å². The van der Waals surface area contributed by atoms with Crippen LogP contribution in [0.25, 0.3) is 0 Å². The number of hydrogen-bond acceptors (Lipinski definition) is 4. The zero-order valence-electron chi connectivity index (χ0n) is 7.37. The average Bonchev–Trinajstić information content (AvgIpc) is 2.45. The molecule has 1 N–H and O–H groups in total. The second kappa shape index (κ2) is 4.87. The highest BCUT2D eigenvalue weighted by atomic mass is 32.1. The van der Waals surface area contributed by atoms with E-state index in [4.69, 9.17) is 0 Å². The molecule has 1 aromatic heterocycles. The molecule has 0 saturated heterocycles. The maximum Gasteiger partial charge on any atom is 0.205 e. The molecule has 1 rings (SSSR count). The van der Waals surface area contributed by atoms with Gasteiger partial charge in [0.05, 0.1) is 0 Å². The standard InChI is InChI=1S/C8H13N3S/c1-3-4-5-6-9-8-11-10-7(2)12-8/h3-4H,5-6H2,1-2H3,(H,9,11)/b4-3+. The largest absolute Gasteiger partial charge is 0.360 e. The molecule has 4 heteroatoms. The molecule has 0 spiro atoms. The normalized spacial score (nSPS) is 10.8. The van der Waals surface area contributed by atoms with Gasteiger partial charge in [-0.2, -0.15) is 0 Å². The van der Waals surface area contributed by atoms with Gasteiger partial charge in [0.2, 0.25) is 5.13 Å². The fraction of sp³-hybridized carbons (Fsp3) is 0.500. The van der Waals surface area contributed by atoms with Crippen LogP contribution in [0, 0.1) is 6.92 Å². The maximum absolute atomic E-state index is 3.95. The summed E-state index contributed by atoms with van der Waals surface area (Å²) in [5, 5.41) is 13.0. The number of aryl methyl sites for hydroxylation is 1. The minimum atomic E-state index is 0.914. The van der Waals surface area contributed by atoms with Crippen LogP contribution in [0.5, 0.6) is 0 Å². The predicted molar refractivity (Wildman–Crippen MR) is 52.6 cm³/mol. The van der Waals surface area contributed by atoms with E-state index in [0.717, 1.165) is 23.1 Å². The highest BCUT2D eigenvalue weighted by Gasteiger charge is 1.96. The number of hydrogen-bond donors (Lipinski definition) is 1. The van der Waals surface area contributed by atoms with E-state index in [2.05, 4.69) is 21.6 Å². The summed E-state index contributed by atoms with van der Waals surface area (Å²) in [5.41, 5.74) is 0. The van der Waals surface area contributed by atoms with Crippen molar-refractivity contribution in [3.8, 4) is 0 Å². The Labute approximate surface area is 76.5 Å². The van der Waals surface area contributed by atoms with Crippen LogP contribution < -0.4 is 5.32 Å². The quantitative estimate of drug-likeness (QED) is 0.574. The van der Waals surface area contributed by atoms with Crippen molar-refractivity contribution in [2.45, 2.75) is 20.3 Å². The summed E-state index contributed by atoms with van der Waals surface area (Å²) in [4.78, 5) is 0. The van der Waals surface area contributed by atoms with Gasteiger partial charge in [-0.05, 0) is 20.3 Å². The van der Waals surface area contributed by atoms with Gasteiger partial charge in [0.25, 0.3) is 0 Å². The first-order valence-electron chi connectivity index (χ1n) is 3.98. The van der Waals surface area contributed by atoms with E-state index >= 15 is 0 Å².